The Morgan fingerprint density at radius 1 is 0.810 bits per heavy atom. The Labute approximate surface area is 256 Å². The lowest BCUT2D eigenvalue weighted by Gasteiger charge is -2.33. The molecular weight excluding hydrogens is 614 g/mol. The number of sulfonamides is 1. The monoisotopic (exact) mass is 647 g/mol. The summed E-state index contributed by atoms with van der Waals surface area (Å²) in [6.45, 7) is 3.40. The molecule has 0 radical (unpaired) electrons. The van der Waals surface area contributed by atoms with E-state index >= 15 is 0 Å². The molecule has 218 valence electrons. The van der Waals surface area contributed by atoms with Crippen molar-refractivity contribution in [3.05, 3.63) is 130 Å². The van der Waals surface area contributed by atoms with Gasteiger partial charge < -0.3 is 10.2 Å². The molecule has 42 heavy (non-hydrogen) atoms. The third kappa shape index (κ3) is 7.66. The van der Waals surface area contributed by atoms with Crippen LogP contribution >= 0.6 is 15.9 Å². The van der Waals surface area contributed by atoms with E-state index in [0.29, 0.717) is 5.69 Å². The van der Waals surface area contributed by atoms with Gasteiger partial charge in [0.15, 0.2) is 0 Å². The van der Waals surface area contributed by atoms with Gasteiger partial charge >= 0.3 is 0 Å². The lowest BCUT2D eigenvalue weighted by atomic mass is 10.0. The quantitative estimate of drug-likeness (QED) is 0.228. The van der Waals surface area contributed by atoms with Gasteiger partial charge in [-0.25, -0.2) is 8.42 Å². The molecule has 0 bridgehead atoms. The lowest BCUT2D eigenvalue weighted by Crippen LogP contribution is -2.53. The van der Waals surface area contributed by atoms with Crippen LogP contribution < -0.4 is 9.62 Å². The fraction of sp³-hybridized carbons (Fsp3) is 0.212. The molecule has 1 atom stereocenters. The van der Waals surface area contributed by atoms with E-state index in [1.54, 1.807) is 48.5 Å². The molecule has 7 nitrogen and oxygen atoms in total. The number of anilines is 1. The maximum absolute atomic E-state index is 14.3. The van der Waals surface area contributed by atoms with Crippen LogP contribution in [0.5, 0.6) is 0 Å². The molecule has 0 unspecified atom stereocenters. The van der Waals surface area contributed by atoms with E-state index in [9.17, 15) is 18.0 Å². The molecule has 0 aliphatic heterocycles. The minimum Gasteiger partial charge on any atom is -0.357 e. The van der Waals surface area contributed by atoms with Crippen LogP contribution in [-0.2, 0) is 32.6 Å². The number of rotatable bonds is 11. The number of nitrogens with zero attached hydrogens (tertiary/aromatic N) is 2. The SMILES string of the molecule is CNC(=O)[C@H](Cc1ccccc1)N(Cc1cccc(Br)c1)C(=O)CN(c1ccc(C)cc1)S(=O)(=O)c1ccc(C)cc1. The molecule has 0 fully saturated rings. The van der Waals surface area contributed by atoms with Crippen LogP contribution in [-0.4, -0.2) is 44.8 Å². The molecule has 4 aromatic carbocycles. The van der Waals surface area contributed by atoms with Crippen LogP contribution in [0.3, 0.4) is 0 Å². The van der Waals surface area contributed by atoms with Crippen molar-refractivity contribution >= 4 is 43.5 Å². The normalized spacial score (nSPS) is 11.9. The summed E-state index contributed by atoms with van der Waals surface area (Å²) in [6.07, 6.45) is 0.259. The summed E-state index contributed by atoms with van der Waals surface area (Å²) in [5, 5.41) is 2.70. The summed E-state index contributed by atoms with van der Waals surface area (Å²) in [4.78, 5) is 29.2. The van der Waals surface area contributed by atoms with Gasteiger partial charge in [-0.3, -0.25) is 13.9 Å². The molecule has 4 rings (SSSR count). The summed E-state index contributed by atoms with van der Waals surface area (Å²) < 4.78 is 30.0. The van der Waals surface area contributed by atoms with Crippen molar-refractivity contribution in [2.24, 2.45) is 0 Å². The third-order valence-electron chi connectivity index (χ3n) is 6.97. The van der Waals surface area contributed by atoms with E-state index in [-0.39, 0.29) is 23.8 Å². The Bertz CT molecular complexity index is 1630. The number of benzene rings is 4. The van der Waals surface area contributed by atoms with Crippen molar-refractivity contribution < 1.29 is 18.0 Å². The minimum absolute atomic E-state index is 0.0761. The first kappa shape index (κ1) is 31.0. The van der Waals surface area contributed by atoms with Gasteiger partial charge in [0.1, 0.15) is 12.6 Å². The number of carbonyl (C=O) groups is 2. The summed E-state index contributed by atoms with van der Waals surface area (Å²) in [6, 6.07) is 29.6. The fourth-order valence-electron chi connectivity index (χ4n) is 4.63. The van der Waals surface area contributed by atoms with Crippen molar-refractivity contribution in [3.8, 4) is 0 Å². The molecule has 2 amide bonds. The van der Waals surface area contributed by atoms with Crippen LogP contribution in [0.15, 0.2) is 112 Å². The second-order valence-corrected chi connectivity index (χ2v) is 12.9. The molecule has 0 aliphatic carbocycles. The Hall–Kier alpha value is -3.95. The second kappa shape index (κ2) is 13.8. The maximum Gasteiger partial charge on any atom is 0.264 e. The van der Waals surface area contributed by atoms with Gasteiger partial charge in [-0.2, -0.15) is 0 Å². The average Bonchev–Trinajstić information content (AvgIpc) is 2.98. The first-order valence-corrected chi connectivity index (χ1v) is 15.8. The zero-order chi connectivity index (χ0) is 30.3. The summed E-state index contributed by atoms with van der Waals surface area (Å²) in [5.74, 6) is -0.846. The highest BCUT2D eigenvalue weighted by Gasteiger charge is 2.34. The highest BCUT2D eigenvalue weighted by molar-refractivity contribution is 9.10. The first-order chi connectivity index (χ1) is 20.1. The number of aryl methyl sites for hydroxylation is 2. The number of carbonyl (C=O) groups excluding carboxylic acids is 2. The van der Waals surface area contributed by atoms with Crippen LogP contribution in [0.2, 0.25) is 0 Å². The Morgan fingerprint density at radius 3 is 2.00 bits per heavy atom. The molecule has 0 aliphatic rings. The lowest BCUT2D eigenvalue weighted by molar-refractivity contribution is -0.139. The largest absolute Gasteiger partial charge is 0.357 e. The van der Waals surface area contributed by atoms with E-state index in [1.807, 2.05) is 68.4 Å². The maximum atomic E-state index is 14.3. The first-order valence-electron chi connectivity index (χ1n) is 13.5. The van der Waals surface area contributed by atoms with Crippen molar-refractivity contribution in [1.29, 1.82) is 0 Å². The van der Waals surface area contributed by atoms with E-state index in [1.165, 1.54) is 11.9 Å². The van der Waals surface area contributed by atoms with Crippen LogP contribution in [0, 0.1) is 13.8 Å². The molecule has 0 saturated heterocycles. The van der Waals surface area contributed by atoms with E-state index in [0.717, 1.165) is 31.0 Å². The summed E-state index contributed by atoms with van der Waals surface area (Å²) in [7, 11) is -2.59. The number of amides is 2. The molecule has 0 aromatic heterocycles. The van der Waals surface area contributed by atoms with Crippen molar-refractivity contribution in [1.82, 2.24) is 10.2 Å². The Balaban J connectivity index is 1.78. The van der Waals surface area contributed by atoms with Crippen LogP contribution in [0.1, 0.15) is 22.3 Å². The Morgan fingerprint density at radius 2 is 1.40 bits per heavy atom. The zero-order valence-electron chi connectivity index (χ0n) is 23.8. The highest BCUT2D eigenvalue weighted by Crippen LogP contribution is 2.26. The standard InChI is InChI=1S/C33H34BrN3O4S/c1-24-12-16-29(17-13-24)37(42(40,41)30-18-14-25(2)15-19-30)23-32(38)36(22-27-10-7-11-28(34)20-27)31(33(39)35-3)21-26-8-5-4-6-9-26/h4-20,31H,21-23H2,1-3H3,(H,35,39)/t31-/m0/s1. The highest BCUT2D eigenvalue weighted by atomic mass is 79.9. The van der Waals surface area contributed by atoms with Gasteiger partial charge in [0.25, 0.3) is 10.0 Å². The van der Waals surface area contributed by atoms with Gasteiger partial charge in [0.2, 0.25) is 11.8 Å². The summed E-state index contributed by atoms with van der Waals surface area (Å²) in [5.41, 5.74) is 3.90. The third-order valence-corrected chi connectivity index (χ3v) is 9.25. The number of likely N-dealkylation sites (N-methyl/N-ethyl adjacent to an activating group) is 1. The van der Waals surface area contributed by atoms with Crippen molar-refractivity contribution in [2.75, 3.05) is 17.9 Å². The number of nitrogens with one attached hydrogen (secondary N) is 1. The average molecular weight is 649 g/mol. The van der Waals surface area contributed by atoms with E-state index in [4.69, 9.17) is 0 Å². The van der Waals surface area contributed by atoms with Crippen molar-refractivity contribution in [3.63, 3.8) is 0 Å². The minimum atomic E-state index is -4.12. The number of halogens is 1. The molecule has 0 heterocycles. The van der Waals surface area contributed by atoms with E-state index in [2.05, 4.69) is 21.2 Å². The topological polar surface area (TPSA) is 86.8 Å². The van der Waals surface area contributed by atoms with Crippen LogP contribution in [0.25, 0.3) is 0 Å². The van der Waals surface area contributed by atoms with Gasteiger partial charge in [0, 0.05) is 24.5 Å². The van der Waals surface area contributed by atoms with Crippen molar-refractivity contribution in [2.45, 2.75) is 37.8 Å². The number of hydrogen-bond acceptors (Lipinski definition) is 4. The number of hydrogen-bond donors (Lipinski definition) is 1. The molecule has 0 spiro atoms. The van der Waals surface area contributed by atoms with Gasteiger partial charge in [-0.15, -0.1) is 0 Å². The molecular formula is C33H34BrN3O4S. The zero-order valence-corrected chi connectivity index (χ0v) is 26.2. The van der Waals surface area contributed by atoms with E-state index < -0.39 is 28.5 Å². The Kier molecular flexibility index (Phi) is 10.2. The predicted molar refractivity (Wildman–Crippen MR) is 170 cm³/mol. The second-order valence-electron chi connectivity index (χ2n) is 10.1. The molecule has 1 N–H and O–H groups in total. The van der Waals surface area contributed by atoms with Gasteiger partial charge in [-0.1, -0.05) is 93.8 Å². The van der Waals surface area contributed by atoms with Crippen LogP contribution in [0.4, 0.5) is 5.69 Å². The van der Waals surface area contributed by atoms with Gasteiger partial charge in [0.05, 0.1) is 10.6 Å². The van der Waals surface area contributed by atoms with Gasteiger partial charge in [-0.05, 0) is 61.4 Å². The molecule has 4 aromatic rings. The fourth-order valence-corrected chi connectivity index (χ4v) is 6.49. The molecule has 9 heteroatoms. The predicted octanol–water partition coefficient (Wildman–Crippen LogP) is 5.65. The molecule has 0 saturated carbocycles. The smallest absolute Gasteiger partial charge is 0.264 e. The summed E-state index contributed by atoms with van der Waals surface area (Å²) >= 11 is 3.49.